The molecule has 2 aromatic rings. The van der Waals surface area contributed by atoms with Crippen LogP contribution >= 0.6 is 0 Å². The van der Waals surface area contributed by atoms with Crippen molar-refractivity contribution in [2.45, 2.75) is 18.4 Å². The molecule has 2 unspecified atom stereocenters. The number of anilines is 1. The molecule has 1 fully saturated rings. The minimum Gasteiger partial charge on any atom is -0.382 e. The van der Waals surface area contributed by atoms with E-state index in [2.05, 4.69) is 34.6 Å². The summed E-state index contributed by atoms with van der Waals surface area (Å²) in [7, 11) is 3.47. The average Bonchev–Trinajstić information content (AvgIpc) is 3.27. The van der Waals surface area contributed by atoms with Gasteiger partial charge in [-0.3, -0.25) is 9.78 Å². The van der Waals surface area contributed by atoms with Crippen LogP contribution in [0.3, 0.4) is 0 Å². The number of rotatable bonds is 4. The third-order valence-electron chi connectivity index (χ3n) is 3.76. The van der Waals surface area contributed by atoms with Crippen LogP contribution in [0.4, 0.5) is 5.69 Å². The van der Waals surface area contributed by atoms with Gasteiger partial charge >= 0.3 is 0 Å². The fraction of sp³-hybridized carbons (Fsp3) is 0.294. The first-order valence-corrected chi connectivity index (χ1v) is 7.14. The lowest BCUT2D eigenvalue weighted by molar-refractivity contribution is 0.0822. The number of hydrogen-bond acceptors (Lipinski definition) is 3. The van der Waals surface area contributed by atoms with Crippen LogP contribution in [0.15, 0.2) is 48.7 Å². The first kappa shape index (κ1) is 13.6. The van der Waals surface area contributed by atoms with Gasteiger partial charge < -0.3 is 10.2 Å². The number of aromatic nitrogens is 1. The second-order valence-corrected chi connectivity index (χ2v) is 5.63. The highest BCUT2D eigenvalue weighted by Crippen LogP contribution is 2.42. The fourth-order valence-electron chi connectivity index (χ4n) is 2.50. The molecule has 1 heterocycles. The van der Waals surface area contributed by atoms with Gasteiger partial charge in [-0.2, -0.15) is 0 Å². The van der Waals surface area contributed by atoms with Gasteiger partial charge in [-0.1, -0.05) is 30.3 Å². The summed E-state index contributed by atoms with van der Waals surface area (Å²) in [6.45, 7) is 0. The maximum atomic E-state index is 11.9. The molecule has 1 saturated carbocycles. The minimum absolute atomic E-state index is 0.0749. The molecule has 0 spiro atoms. The Morgan fingerprint density at radius 2 is 2.00 bits per heavy atom. The van der Waals surface area contributed by atoms with Crippen LogP contribution in [0.25, 0.3) is 0 Å². The molecule has 1 aliphatic rings. The molecule has 1 aromatic carbocycles. The van der Waals surface area contributed by atoms with Crippen molar-refractivity contribution in [3.05, 3.63) is 59.9 Å². The van der Waals surface area contributed by atoms with Crippen molar-refractivity contribution in [1.29, 1.82) is 0 Å². The molecule has 0 aliphatic heterocycles. The van der Waals surface area contributed by atoms with Crippen LogP contribution in [0.2, 0.25) is 0 Å². The van der Waals surface area contributed by atoms with E-state index in [1.807, 2.05) is 18.2 Å². The van der Waals surface area contributed by atoms with Gasteiger partial charge in [-0.15, -0.1) is 0 Å². The van der Waals surface area contributed by atoms with Crippen LogP contribution < -0.4 is 5.32 Å². The largest absolute Gasteiger partial charge is 0.382 e. The molecule has 0 saturated heterocycles. The Morgan fingerprint density at radius 3 is 2.71 bits per heavy atom. The molecular formula is C17H19N3O. The smallest absolute Gasteiger partial charge is 0.272 e. The molecule has 1 amide bonds. The lowest BCUT2D eigenvalue weighted by Gasteiger charge is -2.11. The summed E-state index contributed by atoms with van der Waals surface area (Å²) in [5.74, 6) is 0.487. The van der Waals surface area contributed by atoms with E-state index in [4.69, 9.17) is 0 Å². The van der Waals surface area contributed by atoms with Crippen molar-refractivity contribution < 1.29 is 4.79 Å². The van der Waals surface area contributed by atoms with Crippen molar-refractivity contribution in [1.82, 2.24) is 9.88 Å². The first-order valence-electron chi connectivity index (χ1n) is 7.14. The quantitative estimate of drug-likeness (QED) is 0.937. The van der Waals surface area contributed by atoms with Gasteiger partial charge in [-0.25, -0.2) is 0 Å². The summed E-state index contributed by atoms with van der Waals surface area (Å²) in [4.78, 5) is 17.6. The number of carbonyl (C=O) groups is 1. The highest BCUT2D eigenvalue weighted by atomic mass is 16.2. The Kier molecular flexibility index (Phi) is 3.60. The predicted octanol–water partition coefficient (Wildman–Crippen LogP) is 2.75. The van der Waals surface area contributed by atoms with Gasteiger partial charge in [0.15, 0.2) is 0 Å². The number of pyridine rings is 1. The summed E-state index contributed by atoms with van der Waals surface area (Å²) in [5, 5.41) is 3.49. The van der Waals surface area contributed by atoms with E-state index in [9.17, 15) is 4.79 Å². The standard InChI is InChI=1S/C17H19N3O/c1-20(2)17(21)16-10-13(8-9-18-16)19-15-11-14(15)12-6-4-3-5-7-12/h3-10,14-15H,11H2,1-2H3,(H,18,19). The van der Waals surface area contributed by atoms with E-state index < -0.39 is 0 Å². The maximum Gasteiger partial charge on any atom is 0.272 e. The zero-order valence-corrected chi connectivity index (χ0v) is 12.3. The van der Waals surface area contributed by atoms with E-state index in [0.29, 0.717) is 17.7 Å². The second-order valence-electron chi connectivity index (χ2n) is 5.63. The maximum absolute atomic E-state index is 11.9. The van der Waals surface area contributed by atoms with Gasteiger partial charge in [0.1, 0.15) is 5.69 Å². The molecule has 0 radical (unpaired) electrons. The summed E-state index contributed by atoms with van der Waals surface area (Å²) in [5.41, 5.74) is 2.80. The lowest BCUT2D eigenvalue weighted by Crippen LogP contribution is -2.22. The van der Waals surface area contributed by atoms with Crippen LogP contribution in [-0.4, -0.2) is 35.9 Å². The molecule has 2 atom stereocenters. The van der Waals surface area contributed by atoms with E-state index in [-0.39, 0.29) is 5.91 Å². The predicted molar refractivity (Wildman–Crippen MR) is 83.5 cm³/mol. The number of amides is 1. The van der Waals surface area contributed by atoms with Crippen LogP contribution in [-0.2, 0) is 0 Å². The second kappa shape index (κ2) is 5.56. The molecule has 3 rings (SSSR count). The number of carbonyl (C=O) groups excluding carboxylic acids is 1. The minimum atomic E-state index is -0.0749. The third kappa shape index (κ3) is 3.05. The van der Waals surface area contributed by atoms with Gasteiger partial charge in [0.05, 0.1) is 0 Å². The van der Waals surface area contributed by atoms with Crippen molar-refractivity contribution in [2.75, 3.05) is 19.4 Å². The van der Waals surface area contributed by atoms with Gasteiger partial charge in [0.2, 0.25) is 0 Å². The van der Waals surface area contributed by atoms with Gasteiger partial charge in [-0.05, 0) is 24.1 Å². The topological polar surface area (TPSA) is 45.2 Å². The molecule has 4 nitrogen and oxygen atoms in total. The Bertz CT molecular complexity index is 639. The summed E-state index contributed by atoms with van der Waals surface area (Å²) >= 11 is 0. The SMILES string of the molecule is CN(C)C(=O)c1cc(NC2CC2c2ccccc2)ccn1. The van der Waals surface area contributed by atoms with Gasteiger partial charge in [0, 0.05) is 37.9 Å². The Balaban J connectivity index is 1.67. The number of nitrogens with one attached hydrogen (secondary N) is 1. The van der Waals surface area contributed by atoms with Crippen molar-refractivity contribution in [3.63, 3.8) is 0 Å². The average molecular weight is 281 g/mol. The first-order chi connectivity index (χ1) is 10.1. The number of benzene rings is 1. The number of hydrogen-bond donors (Lipinski definition) is 1. The molecule has 108 valence electrons. The zero-order chi connectivity index (χ0) is 14.8. The Hall–Kier alpha value is -2.36. The van der Waals surface area contributed by atoms with Crippen LogP contribution in [0.1, 0.15) is 28.4 Å². The summed E-state index contributed by atoms with van der Waals surface area (Å²) in [6, 6.07) is 14.7. The Morgan fingerprint density at radius 1 is 1.24 bits per heavy atom. The van der Waals surface area contributed by atoms with Crippen molar-refractivity contribution in [2.24, 2.45) is 0 Å². The summed E-state index contributed by atoms with van der Waals surface area (Å²) in [6.07, 6.45) is 2.81. The highest BCUT2D eigenvalue weighted by Gasteiger charge is 2.38. The van der Waals surface area contributed by atoms with Crippen LogP contribution in [0.5, 0.6) is 0 Å². The normalized spacial score (nSPS) is 19.9. The zero-order valence-electron chi connectivity index (χ0n) is 12.3. The molecule has 4 heteroatoms. The Labute approximate surface area is 124 Å². The monoisotopic (exact) mass is 281 g/mol. The van der Waals surface area contributed by atoms with Crippen molar-refractivity contribution >= 4 is 11.6 Å². The summed E-state index contributed by atoms with van der Waals surface area (Å²) < 4.78 is 0. The lowest BCUT2D eigenvalue weighted by atomic mass is 10.1. The van der Waals surface area contributed by atoms with E-state index in [1.54, 1.807) is 20.3 Å². The van der Waals surface area contributed by atoms with E-state index in [0.717, 1.165) is 12.1 Å². The number of nitrogens with zero attached hydrogens (tertiary/aromatic N) is 2. The molecule has 1 aliphatic carbocycles. The molecule has 0 bridgehead atoms. The molecule has 1 aromatic heterocycles. The molecule has 1 N–H and O–H groups in total. The van der Waals surface area contributed by atoms with Crippen LogP contribution in [0, 0.1) is 0 Å². The van der Waals surface area contributed by atoms with Crippen molar-refractivity contribution in [3.8, 4) is 0 Å². The molecule has 21 heavy (non-hydrogen) atoms. The highest BCUT2D eigenvalue weighted by molar-refractivity contribution is 5.92. The third-order valence-corrected chi connectivity index (χ3v) is 3.76. The fourth-order valence-corrected chi connectivity index (χ4v) is 2.50. The van der Waals surface area contributed by atoms with E-state index in [1.165, 1.54) is 10.5 Å². The van der Waals surface area contributed by atoms with Gasteiger partial charge in [0.25, 0.3) is 5.91 Å². The molecular weight excluding hydrogens is 262 g/mol. The van der Waals surface area contributed by atoms with E-state index >= 15 is 0 Å².